The van der Waals surface area contributed by atoms with Crippen LogP contribution in [-0.4, -0.2) is 17.5 Å². The average Bonchev–Trinajstić information content (AvgIpc) is 2.57. The lowest BCUT2D eigenvalue weighted by molar-refractivity contribution is 0.0963. The van der Waals surface area contributed by atoms with Gasteiger partial charge in [-0.1, -0.05) is 29.8 Å². The number of fused-ring (bicyclic) bond motifs is 1. The monoisotopic (exact) mass is 306 g/mol. The Bertz CT molecular complexity index is 941. The fourth-order valence-electron chi connectivity index (χ4n) is 2.68. The Hall–Kier alpha value is -2.88. The molecule has 3 rings (SSSR count). The molecule has 1 heterocycles. The van der Waals surface area contributed by atoms with Crippen molar-refractivity contribution in [1.82, 2.24) is 9.88 Å². The van der Waals surface area contributed by atoms with E-state index in [1.165, 1.54) is 0 Å². The highest BCUT2D eigenvalue weighted by atomic mass is 16.1. The van der Waals surface area contributed by atoms with Gasteiger partial charge in [0.05, 0.1) is 6.54 Å². The Morgan fingerprint density at radius 3 is 2.74 bits per heavy atom. The molecule has 2 aromatic carbocycles. The number of carbonyl (C=O) groups excluding carboxylic acids is 1. The summed E-state index contributed by atoms with van der Waals surface area (Å²) >= 11 is 0. The molecule has 1 aromatic heterocycles. The number of nitrogens with zero attached hydrogens (tertiary/aromatic N) is 1. The second-order valence-electron chi connectivity index (χ2n) is 5.62. The lowest BCUT2D eigenvalue weighted by Crippen LogP contribution is -2.21. The quantitative estimate of drug-likeness (QED) is 0.809. The van der Waals surface area contributed by atoms with E-state index in [1.807, 2.05) is 49.4 Å². The Balaban J connectivity index is 1.99. The molecule has 0 unspecified atom stereocenters. The van der Waals surface area contributed by atoms with Gasteiger partial charge in [0.15, 0.2) is 0 Å². The van der Waals surface area contributed by atoms with Crippen LogP contribution < -0.4 is 10.9 Å². The molecule has 0 bridgehead atoms. The van der Waals surface area contributed by atoms with E-state index in [0.29, 0.717) is 17.5 Å². The van der Waals surface area contributed by atoms with Gasteiger partial charge in [-0.2, -0.15) is 0 Å². The summed E-state index contributed by atoms with van der Waals surface area (Å²) in [7, 11) is 1.60. The summed E-state index contributed by atoms with van der Waals surface area (Å²) in [6, 6.07) is 15.1. The van der Waals surface area contributed by atoms with Gasteiger partial charge < -0.3 is 9.88 Å². The minimum Gasteiger partial charge on any atom is -0.355 e. The van der Waals surface area contributed by atoms with Gasteiger partial charge in [-0.25, -0.2) is 0 Å². The van der Waals surface area contributed by atoms with Crippen molar-refractivity contribution in [3.05, 3.63) is 81.8 Å². The summed E-state index contributed by atoms with van der Waals surface area (Å²) in [5.41, 5.74) is 2.62. The Labute approximate surface area is 134 Å². The van der Waals surface area contributed by atoms with Crippen molar-refractivity contribution < 1.29 is 4.79 Å². The largest absolute Gasteiger partial charge is 0.355 e. The predicted molar refractivity (Wildman–Crippen MR) is 91.9 cm³/mol. The molecule has 3 aromatic rings. The van der Waals surface area contributed by atoms with Crippen LogP contribution in [0.25, 0.3) is 10.8 Å². The highest BCUT2D eigenvalue weighted by molar-refractivity contribution is 5.94. The van der Waals surface area contributed by atoms with Crippen molar-refractivity contribution in [1.29, 1.82) is 0 Å². The molecular weight excluding hydrogens is 288 g/mol. The Kier molecular flexibility index (Phi) is 3.98. The standard InChI is InChI=1S/C19H18N2O2/c1-13-6-7-17-15(10-13)8-9-21(19(17)23)12-14-4-3-5-16(11-14)18(22)20-2/h3-11H,12H2,1-2H3,(H,20,22). The van der Waals surface area contributed by atoms with Gasteiger partial charge in [-0.15, -0.1) is 0 Å². The topological polar surface area (TPSA) is 51.1 Å². The third-order valence-electron chi connectivity index (χ3n) is 3.90. The van der Waals surface area contributed by atoms with Crippen molar-refractivity contribution in [2.45, 2.75) is 13.5 Å². The fraction of sp³-hybridized carbons (Fsp3) is 0.158. The molecule has 1 N–H and O–H groups in total. The van der Waals surface area contributed by atoms with Crippen LogP contribution in [0.2, 0.25) is 0 Å². The van der Waals surface area contributed by atoms with Crippen molar-refractivity contribution in [2.24, 2.45) is 0 Å². The molecule has 0 radical (unpaired) electrons. The first-order valence-corrected chi connectivity index (χ1v) is 7.49. The van der Waals surface area contributed by atoms with E-state index in [1.54, 1.807) is 23.9 Å². The van der Waals surface area contributed by atoms with Crippen molar-refractivity contribution >= 4 is 16.7 Å². The maximum absolute atomic E-state index is 12.6. The number of hydrogen-bond acceptors (Lipinski definition) is 2. The van der Waals surface area contributed by atoms with Crippen molar-refractivity contribution in [3.8, 4) is 0 Å². The lowest BCUT2D eigenvalue weighted by Gasteiger charge is -2.09. The smallest absolute Gasteiger partial charge is 0.258 e. The molecule has 0 aliphatic heterocycles. The molecule has 4 nitrogen and oxygen atoms in total. The van der Waals surface area contributed by atoms with Gasteiger partial charge >= 0.3 is 0 Å². The molecule has 0 saturated carbocycles. The highest BCUT2D eigenvalue weighted by Gasteiger charge is 2.06. The second kappa shape index (κ2) is 6.08. The molecule has 116 valence electrons. The van der Waals surface area contributed by atoms with Gasteiger partial charge in [0.25, 0.3) is 11.5 Å². The lowest BCUT2D eigenvalue weighted by atomic mass is 10.1. The normalized spacial score (nSPS) is 10.7. The van der Waals surface area contributed by atoms with Crippen LogP contribution in [0, 0.1) is 6.92 Å². The van der Waals surface area contributed by atoms with Gasteiger partial charge in [0, 0.05) is 24.2 Å². The molecule has 0 atom stereocenters. The molecule has 0 aliphatic carbocycles. The Morgan fingerprint density at radius 2 is 1.96 bits per heavy atom. The third kappa shape index (κ3) is 3.01. The SMILES string of the molecule is CNC(=O)c1cccc(Cn2ccc3cc(C)ccc3c2=O)c1. The van der Waals surface area contributed by atoms with Crippen LogP contribution in [0.4, 0.5) is 0 Å². The molecule has 0 fully saturated rings. The van der Waals surface area contributed by atoms with Crippen LogP contribution in [0.3, 0.4) is 0 Å². The number of hydrogen-bond donors (Lipinski definition) is 1. The number of aryl methyl sites for hydroxylation is 1. The zero-order valence-corrected chi connectivity index (χ0v) is 13.2. The number of nitrogens with one attached hydrogen (secondary N) is 1. The summed E-state index contributed by atoms with van der Waals surface area (Å²) in [6.07, 6.45) is 1.80. The van der Waals surface area contributed by atoms with Crippen LogP contribution in [-0.2, 0) is 6.54 Å². The van der Waals surface area contributed by atoms with Gasteiger partial charge in [-0.3, -0.25) is 9.59 Å². The van der Waals surface area contributed by atoms with E-state index in [4.69, 9.17) is 0 Å². The van der Waals surface area contributed by atoms with E-state index in [9.17, 15) is 9.59 Å². The minimum atomic E-state index is -0.131. The molecule has 1 amide bonds. The van der Waals surface area contributed by atoms with Crippen LogP contribution in [0.1, 0.15) is 21.5 Å². The van der Waals surface area contributed by atoms with E-state index in [0.717, 1.165) is 16.5 Å². The third-order valence-corrected chi connectivity index (χ3v) is 3.90. The summed E-state index contributed by atoms with van der Waals surface area (Å²) in [5, 5.41) is 4.26. The zero-order valence-electron chi connectivity index (χ0n) is 13.2. The summed E-state index contributed by atoms with van der Waals surface area (Å²) in [6.45, 7) is 2.45. The van der Waals surface area contributed by atoms with E-state index >= 15 is 0 Å². The first kappa shape index (κ1) is 15.0. The van der Waals surface area contributed by atoms with Crippen molar-refractivity contribution in [2.75, 3.05) is 7.05 Å². The van der Waals surface area contributed by atoms with Gasteiger partial charge in [0.2, 0.25) is 0 Å². The molecule has 0 aliphatic rings. The van der Waals surface area contributed by atoms with E-state index in [-0.39, 0.29) is 11.5 Å². The van der Waals surface area contributed by atoms with Crippen LogP contribution in [0.5, 0.6) is 0 Å². The summed E-state index contributed by atoms with van der Waals surface area (Å²) < 4.78 is 1.67. The minimum absolute atomic E-state index is 0.0205. The van der Waals surface area contributed by atoms with Crippen molar-refractivity contribution in [3.63, 3.8) is 0 Å². The number of rotatable bonds is 3. The molecular formula is C19H18N2O2. The number of benzene rings is 2. The molecule has 4 heteroatoms. The average molecular weight is 306 g/mol. The molecule has 0 spiro atoms. The number of pyridine rings is 1. The fourth-order valence-corrected chi connectivity index (χ4v) is 2.68. The van der Waals surface area contributed by atoms with Crippen LogP contribution in [0.15, 0.2) is 59.5 Å². The predicted octanol–water partition coefficient (Wildman–Crippen LogP) is 2.72. The van der Waals surface area contributed by atoms with Crippen LogP contribution >= 0.6 is 0 Å². The number of carbonyl (C=O) groups is 1. The first-order valence-electron chi connectivity index (χ1n) is 7.49. The maximum atomic E-state index is 12.6. The number of aromatic nitrogens is 1. The van der Waals surface area contributed by atoms with Gasteiger partial charge in [-0.05, 0) is 42.1 Å². The summed E-state index contributed by atoms with van der Waals surface area (Å²) in [4.78, 5) is 24.3. The van der Waals surface area contributed by atoms with Gasteiger partial charge in [0.1, 0.15) is 0 Å². The maximum Gasteiger partial charge on any atom is 0.258 e. The zero-order chi connectivity index (χ0) is 16.4. The molecule has 0 saturated heterocycles. The first-order chi connectivity index (χ1) is 11.1. The number of amides is 1. The van der Waals surface area contributed by atoms with E-state index < -0.39 is 0 Å². The Morgan fingerprint density at radius 1 is 1.13 bits per heavy atom. The summed E-state index contributed by atoms with van der Waals surface area (Å²) in [5.74, 6) is -0.131. The molecule has 23 heavy (non-hydrogen) atoms. The second-order valence-corrected chi connectivity index (χ2v) is 5.62. The highest BCUT2D eigenvalue weighted by Crippen LogP contribution is 2.13. The van der Waals surface area contributed by atoms with E-state index in [2.05, 4.69) is 5.32 Å².